The molecule has 17 heteroatoms. The van der Waals surface area contributed by atoms with Crippen LogP contribution in [-0.2, 0) is 16.2 Å². The maximum Gasteiger partial charge on any atom is 0.416 e. The lowest BCUT2D eigenvalue weighted by Gasteiger charge is -2.32. The highest BCUT2D eigenvalue weighted by Crippen LogP contribution is 2.41. The number of aromatic nitrogens is 2. The lowest BCUT2D eigenvalue weighted by atomic mass is 10.1. The zero-order chi connectivity index (χ0) is 33.8. The number of carbonyl (C=O) groups excluding carboxylic acids is 1. The summed E-state index contributed by atoms with van der Waals surface area (Å²) in [6, 6.07) is 5.69. The molecule has 1 saturated heterocycles. The number of aliphatic imine (C=N–C) groups is 1. The number of nitrogens with two attached hydrogens (primary N) is 1. The molecular weight excluding hydrogens is 627 g/mol. The van der Waals surface area contributed by atoms with E-state index in [0.29, 0.717) is 40.7 Å². The highest BCUT2D eigenvalue weighted by Gasteiger charge is 2.33. The molecular formula is C29H34F3N9O4S. The normalized spacial score (nSPS) is 14.5. The number of piperazine rings is 1. The van der Waals surface area contributed by atoms with Crippen molar-refractivity contribution in [2.75, 3.05) is 66.8 Å². The van der Waals surface area contributed by atoms with E-state index in [0.717, 1.165) is 39.5 Å². The molecule has 0 unspecified atom stereocenters. The first-order valence-electron chi connectivity index (χ1n) is 13.8. The number of methoxy groups -OCH3 is 1. The second-order valence-electron chi connectivity index (χ2n) is 10.5. The van der Waals surface area contributed by atoms with Gasteiger partial charge in [0.25, 0.3) is 5.91 Å². The molecule has 0 saturated carbocycles. The Hall–Kier alpha value is -4.90. The van der Waals surface area contributed by atoms with Gasteiger partial charge in [-0.1, -0.05) is 12.6 Å². The van der Waals surface area contributed by atoms with Gasteiger partial charge in [0.15, 0.2) is 11.6 Å². The van der Waals surface area contributed by atoms with Gasteiger partial charge in [-0.3, -0.25) is 9.52 Å². The number of amidine groups is 1. The van der Waals surface area contributed by atoms with E-state index in [1.807, 2.05) is 16.7 Å². The Balaban J connectivity index is 1.69. The van der Waals surface area contributed by atoms with Crippen LogP contribution in [0.3, 0.4) is 0 Å². The van der Waals surface area contributed by atoms with Crippen LogP contribution in [-0.4, -0.2) is 81.6 Å². The molecule has 1 aliphatic rings. The minimum absolute atomic E-state index is 0.0128. The Morgan fingerprint density at radius 3 is 2.41 bits per heavy atom. The summed E-state index contributed by atoms with van der Waals surface area (Å²) < 4.78 is 71.9. The molecule has 1 aromatic heterocycles. The molecule has 0 radical (unpaired) electrons. The van der Waals surface area contributed by atoms with Gasteiger partial charge in [-0.05, 0) is 50.0 Å². The third kappa shape index (κ3) is 8.22. The van der Waals surface area contributed by atoms with Crippen molar-refractivity contribution < 1.29 is 31.1 Å². The number of rotatable bonds is 10. The molecule has 2 aromatic carbocycles. The van der Waals surface area contributed by atoms with Gasteiger partial charge in [0, 0.05) is 31.7 Å². The zero-order valence-electron chi connectivity index (χ0n) is 25.6. The molecule has 0 atom stereocenters. The fourth-order valence-electron chi connectivity index (χ4n) is 4.57. The summed E-state index contributed by atoms with van der Waals surface area (Å²) in [5.74, 6) is -0.644. The van der Waals surface area contributed by atoms with Gasteiger partial charge in [-0.2, -0.15) is 13.2 Å². The second kappa shape index (κ2) is 13.6. The number of nitrogens with one attached hydrogen (secondary N) is 3. The summed E-state index contributed by atoms with van der Waals surface area (Å²) in [5.41, 5.74) is 6.05. The number of hydrogen-bond acceptors (Lipinski definition) is 10. The maximum atomic E-state index is 13.7. The standard InChI is InChI=1S/C29H34F3N9O4S/c1-6-34-23-16-35-28(41-11-9-40(3)10-12-41)38-24(23)26(33)36-20-13-18(8-7-17(20)2)27(42)37-21-14-19(29(30,31)32)15-22(25(21)45-4)39-46(5,43)44/h6-8,13-16,34,39H,1,9-12H2,2-5H3,(H2,33,36)(H,37,42). The van der Waals surface area contributed by atoms with Crippen LogP contribution in [0.2, 0.25) is 0 Å². The van der Waals surface area contributed by atoms with Crippen molar-refractivity contribution in [3.05, 3.63) is 71.7 Å². The van der Waals surface area contributed by atoms with Crippen molar-refractivity contribution in [1.29, 1.82) is 0 Å². The van der Waals surface area contributed by atoms with Crippen LogP contribution >= 0.6 is 0 Å². The molecule has 1 fully saturated rings. The van der Waals surface area contributed by atoms with E-state index in [1.54, 1.807) is 19.2 Å². The average molecular weight is 662 g/mol. The number of hydrogen-bond donors (Lipinski definition) is 4. The van der Waals surface area contributed by atoms with Crippen LogP contribution in [0.4, 0.5) is 41.9 Å². The summed E-state index contributed by atoms with van der Waals surface area (Å²) in [6.45, 7) is 8.54. The van der Waals surface area contributed by atoms with E-state index in [9.17, 15) is 26.4 Å². The molecule has 0 spiro atoms. The number of anilines is 4. The Kier molecular flexibility index (Phi) is 10.1. The fourth-order valence-corrected chi connectivity index (χ4v) is 5.12. The predicted molar refractivity (Wildman–Crippen MR) is 172 cm³/mol. The third-order valence-electron chi connectivity index (χ3n) is 6.94. The molecule has 0 aliphatic carbocycles. The fraction of sp³-hybridized carbons (Fsp3) is 0.310. The first-order chi connectivity index (χ1) is 21.6. The smallest absolute Gasteiger partial charge is 0.416 e. The zero-order valence-corrected chi connectivity index (χ0v) is 26.4. The summed E-state index contributed by atoms with van der Waals surface area (Å²) in [6.07, 6.45) is -1.06. The number of alkyl halides is 3. The van der Waals surface area contributed by atoms with Crippen molar-refractivity contribution in [3.63, 3.8) is 0 Å². The number of likely N-dealkylation sites (N-methyl/N-ethyl adjacent to an activating group) is 1. The van der Waals surface area contributed by atoms with E-state index < -0.39 is 39.0 Å². The van der Waals surface area contributed by atoms with Crippen LogP contribution < -0.4 is 30.7 Å². The van der Waals surface area contributed by atoms with Gasteiger partial charge in [-0.15, -0.1) is 0 Å². The lowest BCUT2D eigenvalue weighted by molar-refractivity contribution is -0.137. The minimum atomic E-state index is -4.85. The van der Waals surface area contributed by atoms with Gasteiger partial charge >= 0.3 is 6.18 Å². The Bertz CT molecular complexity index is 1770. The van der Waals surface area contributed by atoms with E-state index in [2.05, 4.69) is 37.1 Å². The lowest BCUT2D eigenvalue weighted by Crippen LogP contribution is -2.45. The minimum Gasteiger partial charge on any atom is -0.492 e. The van der Waals surface area contributed by atoms with Crippen molar-refractivity contribution in [2.24, 2.45) is 10.7 Å². The van der Waals surface area contributed by atoms with Crippen LogP contribution in [0, 0.1) is 6.92 Å². The van der Waals surface area contributed by atoms with Crippen LogP contribution in [0.5, 0.6) is 5.75 Å². The average Bonchev–Trinajstić information content (AvgIpc) is 2.97. The SMILES string of the molecule is C=CNc1cnc(N2CCN(C)CC2)nc1C(N)=Nc1cc(C(=O)Nc2cc(C(F)(F)F)cc(NS(C)(=O)=O)c2OC)ccc1C. The van der Waals surface area contributed by atoms with Gasteiger partial charge in [-0.25, -0.2) is 23.4 Å². The molecule has 4 rings (SSSR count). The number of sulfonamides is 1. The number of nitrogens with zero attached hydrogens (tertiary/aromatic N) is 5. The van der Waals surface area contributed by atoms with Gasteiger partial charge in [0.05, 0.1) is 47.9 Å². The first kappa shape index (κ1) is 34.0. The predicted octanol–water partition coefficient (Wildman–Crippen LogP) is 3.78. The summed E-state index contributed by atoms with van der Waals surface area (Å²) in [5, 5.41) is 5.34. The quantitative estimate of drug-likeness (QED) is 0.186. The van der Waals surface area contributed by atoms with E-state index in [-0.39, 0.29) is 17.1 Å². The number of halogens is 3. The van der Waals surface area contributed by atoms with E-state index in [4.69, 9.17) is 10.5 Å². The van der Waals surface area contributed by atoms with Crippen molar-refractivity contribution in [1.82, 2.24) is 14.9 Å². The first-order valence-corrected chi connectivity index (χ1v) is 15.7. The molecule has 1 amide bonds. The van der Waals surface area contributed by atoms with Crippen LogP contribution in [0.15, 0.2) is 54.3 Å². The molecule has 46 heavy (non-hydrogen) atoms. The number of amides is 1. The van der Waals surface area contributed by atoms with Crippen LogP contribution in [0.25, 0.3) is 0 Å². The summed E-state index contributed by atoms with van der Waals surface area (Å²) in [7, 11) is -0.829. The summed E-state index contributed by atoms with van der Waals surface area (Å²) in [4.78, 5) is 31.2. The molecule has 246 valence electrons. The number of aryl methyl sites for hydroxylation is 1. The number of benzene rings is 2. The topological polar surface area (TPSA) is 167 Å². The van der Waals surface area contributed by atoms with E-state index in [1.165, 1.54) is 18.3 Å². The van der Waals surface area contributed by atoms with Gasteiger partial charge in [0.2, 0.25) is 16.0 Å². The molecule has 13 nitrogen and oxygen atoms in total. The Labute approximate surface area is 264 Å². The maximum absolute atomic E-state index is 13.7. The Morgan fingerprint density at radius 2 is 1.80 bits per heavy atom. The van der Waals surface area contributed by atoms with Crippen molar-refractivity contribution in [2.45, 2.75) is 13.1 Å². The number of ether oxygens (including phenoxy) is 1. The van der Waals surface area contributed by atoms with Crippen molar-refractivity contribution in [3.8, 4) is 5.75 Å². The highest BCUT2D eigenvalue weighted by molar-refractivity contribution is 7.92. The van der Waals surface area contributed by atoms with Crippen molar-refractivity contribution >= 4 is 50.5 Å². The third-order valence-corrected chi connectivity index (χ3v) is 7.53. The molecule has 3 aromatic rings. The monoisotopic (exact) mass is 661 g/mol. The second-order valence-corrected chi connectivity index (χ2v) is 12.2. The Morgan fingerprint density at radius 1 is 1.13 bits per heavy atom. The summed E-state index contributed by atoms with van der Waals surface area (Å²) >= 11 is 0. The highest BCUT2D eigenvalue weighted by atomic mass is 32.2. The van der Waals surface area contributed by atoms with Gasteiger partial charge in [0.1, 0.15) is 5.69 Å². The molecule has 1 aliphatic heterocycles. The molecule has 2 heterocycles. The number of carbonyl (C=O) groups is 1. The van der Waals surface area contributed by atoms with Crippen LogP contribution in [0.1, 0.15) is 27.2 Å². The van der Waals surface area contributed by atoms with Gasteiger partial charge < -0.3 is 30.9 Å². The largest absolute Gasteiger partial charge is 0.492 e. The molecule has 0 bridgehead atoms. The molecule has 5 N–H and O–H groups in total. The van der Waals surface area contributed by atoms with E-state index >= 15 is 0 Å².